The zero-order chi connectivity index (χ0) is 31.6. The predicted molar refractivity (Wildman–Crippen MR) is 141 cm³/mol. The molecule has 0 bridgehead atoms. The summed E-state index contributed by atoms with van der Waals surface area (Å²) in [5.41, 5.74) is 5.35. The molecular weight excluding hydrogens is 562 g/mol. The molecule has 2 heterocycles. The predicted octanol–water partition coefficient (Wildman–Crippen LogP) is -6.05. The number of amides is 6. The third-order valence-corrected chi connectivity index (χ3v) is 6.98. The lowest BCUT2D eigenvalue weighted by Crippen LogP contribution is -2.57. The number of aliphatic carboxylic acids is 1. The Hall–Kier alpha value is -3.87. The highest BCUT2D eigenvalue weighted by Crippen LogP contribution is 2.25. The summed E-state index contributed by atoms with van der Waals surface area (Å²) in [7, 11) is 0. The first-order valence-corrected chi connectivity index (χ1v) is 13.5. The summed E-state index contributed by atoms with van der Waals surface area (Å²) in [6, 6.07) is -7.24. The Kier molecular flexibility index (Phi) is 13.0. The van der Waals surface area contributed by atoms with Crippen LogP contribution in [-0.4, -0.2) is 147 Å². The topological polar surface area (TPSA) is 281 Å². The number of nitrogens with one attached hydrogen (secondary N) is 4. The smallest absolute Gasteiger partial charge is 0.328 e. The highest BCUT2D eigenvalue weighted by atomic mass is 16.4. The number of aliphatic hydroxyl groups is 3. The lowest BCUT2D eigenvalue weighted by Gasteiger charge is -2.32. The molecule has 236 valence electrons. The summed E-state index contributed by atoms with van der Waals surface area (Å²) >= 11 is 0. The molecule has 18 nitrogen and oxygen atoms in total. The van der Waals surface area contributed by atoms with E-state index in [0.29, 0.717) is 19.3 Å². The zero-order valence-electron chi connectivity index (χ0n) is 23.2. The molecule has 0 aliphatic carbocycles. The van der Waals surface area contributed by atoms with Crippen LogP contribution in [0, 0.1) is 0 Å². The van der Waals surface area contributed by atoms with Crippen molar-refractivity contribution in [2.75, 3.05) is 39.5 Å². The second kappa shape index (κ2) is 15.9. The van der Waals surface area contributed by atoms with Crippen molar-refractivity contribution in [3.05, 3.63) is 0 Å². The number of carboxylic acid groups (broad SMARTS) is 1. The van der Waals surface area contributed by atoms with Crippen LogP contribution < -0.4 is 27.0 Å². The highest BCUT2D eigenvalue weighted by molar-refractivity contribution is 5.96. The van der Waals surface area contributed by atoms with Gasteiger partial charge < -0.3 is 57.2 Å². The Morgan fingerprint density at radius 3 is 1.98 bits per heavy atom. The second-order valence-corrected chi connectivity index (χ2v) is 10.0. The SMILES string of the molecule is C[C@H](NC(=O)CNC(=O)[C@H](CO)NC(=O)[C@@H](N)CO)C(=O)N1CCC[C@H]1C(=O)N1CCC[C@H]1C(=O)N[C@@H](CO)C(=O)O. The molecule has 6 amide bonds. The molecule has 2 saturated heterocycles. The van der Waals surface area contributed by atoms with Crippen molar-refractivity contribution in [3.63, 3.8) is 0 Å². The molecule has 2 fully saturated rings. The molecule has 0 aromatic rings. The van der Waals surface area contributed by atoms with Gasteiger partial charge in [0.15, 0.2) is 0 Å². The van der Waals surface area contributed by atoms with Gasteiger partial charge in [0.05, 0.1) is 26.4 Å². The van der Waals surface area contributed by atoms with Gasteiger partial charge in [0.1, 0.15) is 36.3 Å². The summed E-state index contributed by atoms with van der Waals surface area (Å²) in [6.07, 6.45) is 1.57. The Morgan fingerprint density at radius 1 is 0.810 bits per heavy atom. The molecule has 2 aliphatic rings. The summed E-state index contributed by atoms with van der Waals surface area (Å²) in [5, 5.41) is 45.5. The average Bonchev–Trinajstić information content (AvgIpc) is 3.66. The van der Waals surface area contributed by atoms with E-state index >= 15 is 0 Å². The Morgan fingerprint density at radius 2 is 1.40 bits per heavy atom. The van der Waals surface area contributed by atoms with Gasteiger partial charge in [0.25, 0.3) is 0 Å². The third kappa shape index (κ3) is 8.81. The number of nitrogens with zero attached hydrogens (tertiary/aromatic N) is 2. The maximum atomic E-state index is 13.4. The van der Waals surface area contributed by atoms with Gasteiger partial charge in [-0.1, -0.05) is 0 Å². The summed E-state index contributed by atoms with van der Waals surface area (Å²) < 4.78 is 0. The quantitative estimate of drug-likeness (QED) is 0.0899. The molecule has 0 unspecified atom stereocenters. The van der Waals surface area contributed by atoms with Crippen molar-refractivity contribution in [3.8, 4) is 0 Å². The summed E-state index contributed by atoms with van der Waals surface area (Å²) in [5.74, 6) is -5.77. The van der Waals surface area contributed by atoms with Crippen molar-refractivity contribution in [1.29, 1.82) is 0 Å². The molecule has 2 aliphatic heterocycles. The van der Waals surface area contributed by atoms with E-state index in [0.717, 1.165) is 0 Å². The first-order chi connectivity index (χ1) is 19.9. The molecule has 2 rings (SSSR count). The fourth-order valence-corrected chi connectivity index (χ4v) is 4.68. The third-order valence-electron chi connectivity index (χ3n) is 6.98. The van der Waals surface area contributed by atoms with Crippen LogP contribution in [0.1, 0.15) is 32.6 Å². The Bertz CT molecular complexity index is 1040. The molecule has 18 heteroatoms. The van der Waals surface area contributed by atoms with Gasteiger partial charge in [-0.2, -0.15) is 0 Å². The molecule has 0 aromatic heterocycles. The largest absolute Gasteiger partial charge is 0.480 e. The first kappa shape index (κ1) is 34.3. The molecular formula is C24H39N7O11. The minimum absolute atomic E-state index is 0.219. The van der Waals surface area contributed by atoms with E-state index in [2.05, 4.69) is 21.3 Å². The van der Waals surface area contributed by atoms with Gasteiger partial charge in [-0.25, -0.2) is 4.79 Å². The van der Waals surface area contributed by atoms with E-state index in [-0.39, 0.29) is 19.5 Å². The van der Waals surface area contributed by atoms with Crippen molar-refractivity contribution in [1.82, 2.24) is 31.1 Å². The van der Waals surface area contributed by atoms with Crippen LogP contribution >= 0.6 is 0 Å². The molecule has 0 spiro atoms. The van der Waals surface area contributed by atoms with Crippen molar-refractivity contribution in [2.45, 2.75) is 68.9 Å². The standard InChI is InChI=1S/C24H39N7O11/c1-12(27-18(35)8-26-20(37)14(10-33)28-19(36)13(25)9-32)22(39)31-7-3-5-17(31)23(40)30-6-2-4-16(30)21(38)29-15(11-34)24(41)42/h12-17,32-34H,2-11,25H2,1H3,(H,26,37)(H,27,35)(H,28,36)(H,29,38)(H,41,42)/t12-,13-,14-,15-,16-,17-/m0/s1. The molecule has 6 atom stereocenters. The van der Waals surface area contributed by atoms with E-state index < -0.39 is 104 Å². The van der Waals surface area contributed by atoms with Gasteiger partial charge >= 0.3 is 5.97 Å². The maximum Gasteiger partial charge on any atom is 0.328 e. The van der Waals surface area contributed by atoms with E-state index in [4.69, 9.17) is 15.9 Å². The number of hydrogen-bond acceptors (Lipinski definition) is 11. The van der Waals surface area contributed by atoms with E-state index in [1.54, 1.807) is 0 Å². The van der Waals surface area contributed by atoms with E-state index in [9.17, 15) is 43.8 Å². The van der Waals surface area contributed by atoms with Crippen LogP contribution in [0.25, 0.3) is 0 Å². The number of rotatable bonds is 14. The van der Waals surface area contributed by atoms with Gasteiger partial charge in [-0.05, 0) is 32.6 Å². The van der Waals surface area contributed by atoms with Crippen molar-refractivity contribution >= 4 is 41.4 Å². The number of nitrogens with two attached hydrogens (primary N) is 1. The number of carbonyl (C=O) groups excluding carboxylic acids is 6. The fourth-order valence-electron chi connectivity index (χ4n) is 4.68. The Balaban J connectivity index is 1.94. The molecule has 0 radical (unpaired) electrons. The second-order valence-electron chi connectivity index (χ2n) is 10.0. The monoisotopic (exact) mass is 601 g/mol. The minimum Gasteiger partial charge on any atom is -0.480 e. The molecule has 10 N–H and O–H groups in total. The summed E-state index contributed by atoms with van der Waals surface area (Å²) in [6.45, 7) is -1.09. The van der Waals surface area contributed by atoms with Crippen LogP contribution in [0.4, 0.5) is 0 Å². The Labute approximate surface area is 240 Å². The number of aliphatic hydroxyl groups excluding tert-OH is 3. The van der Waals surface area contributed by atoms with E-state index in [1.807, 2.05) is 0 Å². The van der Waals surface area contributed by atoms with Crippen LogP contribution in [-0.2, 0) is 33.6 Å². The summed E-state index contributed by atoms with van der Waals surface area (Å²) in [4.78, 5) is 89.3. The fraction of sp³-hybridized carbons (Fsp3) is 0.708. The van der Waals surface area contributed by atoms with Crippen LogP contribution in [0.2, 0.25) is 0 Å². The van der Waals surface area contributed by atoms with Gasteiger partial charge in [0, 0.05) is 13.1 Å². The van der Waals surface area contributed by atoms with Gasteiger partial charge in [0.2, 0.25) is 35.4 Å². The van der Waals surface area contributed by atoms with Crippen LogP contribution in [0.15, 0.2) is 0 Å². The molecule has 0 saturated carbocycles. The normalized spacial score (nSPS) is 21.1. The highest BCUT2D eigenvalue weighted by Gasteiger charge is 2.43. The lowest BCUT2D eigenvalue weighted by atomic mass is 10.1. The van der Waals surface area contributed by atoms with Crippen LogP contribution in [0.3, 0.4) is 0 Å². The maximum absolute atomic E-state index is 13.4. The van der Waals surface area contributed by atoms with Crippen LogP contribution in [0.5, 0.6) is 0 Å². The first-order valence-electron chi connectivity index (χ1n) is 13.5. The van der Waals surface area contributed by atoms with E-state index in [1.165, 1.54) is 16.7 Å². The number of hydrogen-bond donors (Lipinski definition) is 9. The number of likely N-dealkylation sites (tertiary alicyclic amines) is 2. The van der Waals surface area contributed by atoms with Gasteiger partial charge in [-0.3, -0.25) is 28.8 Å². The van der Waals surface area contributed by atoms with Crippen molar-refractivity contribution in [2.24, 2.45) is 5.73 Å². The lowest BCUT2D eigenvalue weighted by molar-refractivity contribution is -0.148. The molecule has 0 aromatic carbocycles. The minimum atomic E-state index is -1.52. The zero-order valence-corrected chi connectivity index (χ0v) is 23.2. The number of carbonyl (C=O) groups is 7. The average molecular weight is 602 g/mol. The molecule has 42 heavy (non-hydrogen) atoms. The van der Waals surface area contributed by atoms with Crippen molar-refractivity contribution < 1.29 is 54.0 Å². The number of carboxylic acids is 1. The van der Waals surface area contributed by atoms with Gasteiger partial charge in [-0.15, -0.1) is 0 Å².